The summed E-state index contributed by atoms with van der Waals surface area (Å²) in [5.74, 6) is -0.175. The second kappa shape index (κ2) is 10.0. The van der Waals surface area contributed by atoms with Crippen molar-refractivity contribution < 1.29 is 13.2 Å². The Bertz CT molecular complexity index is 1450. The van der Waals surface area contributed by atoms with Crippen molar-refractivity contribution in [2.75, 3.05) is 23.1 Å². The van der Waals surface area contributed by atoms with Crippen molar-refractivity contribution in [3.8, 4) is 0 Å². The average molecular weight is 508 g/mol. The van der Waals surface area contributed by atoms with E-state index in [-0.39, 0.29) is 16.5 Å². The molecule has 0 aliphatic carbocycles. The SMILES string of the molecule is O=C(c1ccc(NCc2ccccc2)cc1NS(=O)(=O)c1cccc2nsnc12)N1CCCCC1. The van der Waals surface area contributed by atoms with Gasteiger partial charge < -0.3 is 10.2 Å². The van der Waals surface area contributed by atoms with Crippen LogP contribution >= 0.6 is 11.7 Å². The minimum Gasteiger partial charge on any atom is -0.381 e. The number of fused-ring (bicyclic) bond motifs is 1. The minimum atomic E-state index is -4.02. The van der Waals surface area contributed by atoms with E-state index in [1.807, 2.05) is 36.4 Å². The Balaban J connectivity index is 1.49. The van der Waals surface area contributed by atoms with Gasteiger partial charge in [-0.25, -0.2) is 8.42 Å². The maximum absolute atomic E-state index is 13.4. The molecule has 1 fully saturated rings. The summed E-state index contributed by atoms with van der Waals surface area (Å²) in [5.41, 5.74) is 3.18. The molecule has 8 nitrogen and oxygen atoms in total. The first-order valence-corrected chi connectivity index (χ1v) is 13.7. The molecule has 1 amide bonds. The molecule has 10 heteroatoms. The molecule has 0 unspecified atom stereocenters. The Labute approximate surface area is 208 Å². The second-order valence-corrected chi connectivity index (χ2v) is 10.6. The van der Waals surface area contributed by atoms with E-state index in [0.717, 1.165) is 36.6 Å². The van der Waals surface area contributed by atoms with Crippen molar-refractivity contribution in [3.05, 3.63) is 77.9 Å². The molecule has 0 atom stereocenters. The van der Waals surface area contributed by atoms with Crippen LogP contribution in [0.1, 0.15) is 35.2 Å². The number of carbonyl (C=O) groups excluding carboxylic acids is 1. The molecule has 0 spiro atoms. The molecule has 0 bridgehead atoms. The maximum Gasteiger partial charge on any atom is 0.264 e. The molecule has 1 aliphatic rings. The molecule has 35 heavy (non-hydrogen) atoms. The summed E-state index contributed by atoms with van der Waals surface area (Å²) in [4.78, 5) is 15.2. The van der Waals surface area contributed by atoms with Crippen LogP contribution in [0.25, 0.3) is 11.0 Å². The minimum absolute atomic E-state index is 0.0303. The molecule has 180 valence electrons. The number of anilines is 2. The number of nitrogens with zero attached hydrogens (tertiary/aromatic N) is 3. The number of benzene rings is 3. The van der Waals surface area contributed by atoms with Crippen molar-refractivity contribution in [2.24, 2.45) is 0 Å². The zero-order valence-electron chi connectivity index (χ0n) is 19.0. The van der Waals surface area contributed by atoms with Crippen LogP contribution in [0.4, 0.5) is 11.4 Å². The highest BCUT2D eigenvalue weighted by molar-refractivity contribution is 7.93. The molecule has 1 aromatic heterocycles. The first kappa shape index (κ1) is 23.3. The van der Waals surface area contributed by atoms with Gasteiger partial charge in [-0.05, 0) is 55.2 Å². The van der Waals surface area contributed by atoms with Crippen molar-refractivity contribution in [2.45, 2.75) is 30.7 Å². The molecule has 1 aliphatic heterocycles. The highest BCUT2D eigenvalue weighted by atomic mass is 32.2. The molecular weight excluding hydrogens is 482 g/mol. The summed E-state index contributed by atoms with van der Waals surface area (Å²) in [6.07, 6.45) is 2.99. The number of hydrogen-bond donors (Lipinski definition) is 2. The number of likely N-dealkylation sites (tertiary alicyclic amines) is 1. The number of amides is 1. The maximum atomic E-state index is 13.4. The quantitative estimate of drug-likeness (QED) is 0.375. The number of nitrogens with one attached hydrogen (secondary N) is 2. The lowest BCUT2D eigenvalue weighted by Gasteiger charge is -2.27. The van der Waals surface area contributed by atoms with Gasteiger partial charge in [0.05, 0.1) is 23.0 Å². The lowest BCUT2D eigenvalue weighted by Crippen LogP contribution is -2.36. The number of sulfonamides is 1. The summed E-state index contributed by atoms with van der Waals surface area (Å²) in [6, 6.07) is 19.9. The summed E-state index contributed by atoms with van der Waals surface area (Å²) < 4.78 is 37.8. The largest absolute Gasteiger partial charge is 0.381 e. The Kier molecular flexibility index (Phi) is 6.65. The van der Waals surface area contributed by atoms with Gasteiger partial charge in [-0.1, -0.05) is 36.4 Å². The molecule has 2 N–H and O–H groups in total. The first-order chi connectivity index (χ1) is 17.0. The molecule has 0 radical (unpaired) electrons. The van der Waals surface area contributed by atoms with E-state index in [4.69, 9.17) is 0 Å². The first-order valence-electron chi connectivity index (χ1n) is 11.5. The van der Waals surface area contributed by atoms with Crippen molar-refractivity contribution in [3.63, 3.8) is 0 Å². The normalized spacial score (nSPS) is 14.1. The van der Waals surface area contributed by atoms with E-state index in [1.54, 1.807) is 29.2 Å². The van der Waals surface area contributed by atoms with E-state index in [0.29, 0.717) is 41.9 Å². The highest BCUT2D eigenvalue weighted by Crippen LogP contribution is 2.29. The number of hydrogen-bond acceptors (Lipinski definition) is 7. The lowest BCUT2D eigenvalue weighted by atomic mass is 10.1. The van der Waals surface area contributed by atoms with Crippen molar-refractivity contribution >= 4 is 50.1 Å². The van der Waals surface area contributed by atoms with E-state index in [1.165, 1.54) is 6.07 Å². The van der Waals surface area contributed by atoms with Crippen LogP contribution in [0.5, 0.6) is 0 Å². The predicted octanol–water partition coefficient (Wildman–Crippen LogP) is 4.73. The van der Waals surface area contributed by atoms with Crippen LogP contribution < -0.4 is 10.0 Å². The highest BCUT2D eigenvalue weighted by Gasteiger charge is 2.25. The Morgan fingerprint density at radius 2 is 1.74 bits per heavy atom. The van der Waals surface area contributed by atoms with E-state index in [2.05, 4.69) is 18.8 Å². The third-order valence-corrected chi connectivity index (χ3v) is 7.96. The predicted molar refractivity (Wildman–Crippen MR) is 138 cm³/mol. The molecule has 4 aromatic rings. The van der Waals surface area contributed by atoms with Gasteiger partial charge in [-0.15, -0.1) is 0 Å². The Morgan fingerprint density at radius 1 is 0.943 bits per heavy atom. The number of piperidine rings is 1. The number of carbonyl (C=O) groups is 1. The van der Waals surface area contributed by atoms with Gasteiger partial charge in [0.15, 0.2) is 0 Å². The topological polar surface area (TPSA) is 104 Å². The van der Waals surface area contributed by atoms with Crippen LogP contribution in [-0.4, -0.2) is 41.1 Å². The fourth-order valence-corrected chi connectivity index (χ4v) is 6.03. The van der Waals surface area contributed by atoms with Crippen LogP contribution in [0.3, 0.4) is 0 Å². The van der Waals surface area contributed by atoms with Gasteiger partial charge in [-0.3, -0.25) is 9.52 Å². The van der Waals surface area contributed by atoms with Crippen LogP contribution in [-0.2, 0) is 16.6 Å². The van der Waals surface area contributed by atoms with Gasteiger partial charge >= 0.3 is 0 Å². The fraction of sp³-hybridized carbons (Fsp3) is 0.240. The summed E-state index contributed by atoms with van der Waals surface area (Å²) in [6.45, 7) is 1.90. The number of aromatic nitrogens is 2. The zero-order valence-corrected chi connectivity index (χ0v) is 20.6. The van der Waals surface area contributed by atoms with Gasteiger partial charge in [0.2, 0.25) is 0 Å². The Morgan fingerprint density at radius 3 is 2.54 bits per heavy atom. The summed E-state index contributed by atoms with van der Waals surface area (Å²) >= 11 is 0.960. The van der Waals surface area contributed by atoms with Crippen LogP contribution in [0.2, 0.25) is 0 Å². The molecule has 3 aromatic carbocycles. The van der Waals surface area contributed by atoms with Crippen LogP contribution in [0.15, 0.2) is 71.6 Å². The third-order valence-electron chi connectivity index (χ3n) is 6.02. The average Bonchev–Trinajstić information content (AvgIpc) is 3.37. The lowest BCUT2D eigenvalue weighted by molar-refractivity contribution is 0.0725. The van der Waals surface area contributed by atoms with Gasteiger partial charge in [0.25, 0.3) is 15.9 Å². The molecule has 1 saturated heterocycles. The molecule has 5 rings (SSSR count). The van der Waals surface area contributed by atoms with E-state index >= 15 is 0 Å². The van der Waals surface area contributed by atoms with Crippen molar-refractivity contribution in [1.82, 2.24) is 13.6 Å². The van der Waals surface area contributed by atoms with E-state index in [9.17, 15) is 13.2 Å². The zero-order chi connectivity index (χ0) is 24.3. The second-order valence-electron chi connectivity index (χ2n) is 8.45. The number of rotatable bonds is 7. The smallest absolute Gasteiger partial charge is 0.264 e. The van der Waals surface area contributed by atoms with Gasteiger partial charge in [0, 0.05) is 25.3 Å². The summed E-state index contributed by atoms with van der Waals surface area (Å²) in [5, 5.41) is 3.32. The summed E-state index contributed by atoms with van der Waals surface area (Å²) in [7, 11) is -4.02. The Hall–Kier alpha value is -3.50. The van der Waals surface area contributed by atoms with Gasteiger partial charge in [-0.2, -0.15) is 8.75 Å². The molecular formula is C25H25N5O3S2. The van der Waals surface area contributed by atoms with Crippen LogP contribution in [0, 0.1) is 0 Å². The monoisotopic (exact) mass is 507 g/mol. The molecule has 2 heterocycles. The van der Waals surface area contributed by atoms with Crippen molar-refractivity contribution in [1.29, 1.82) is 0 Å². The van der Waals surface area contributed by atoms with Gasteiger partial charge in [0.1, 0.15) is 15.9 Å². The fourth-order valence-electron chi connectivity index (χ4n) is 4.19. The molecule has 0 saturated carbocycles. The standard InChI is InChI=1S/C25H25N5O3S2/c31-25(30-14-5-2-6-15-30)20-13-12-19(26-17-18-8-3-1-4-9-18)16-22(20)29-35(32,33)23-11-7-10-21-24(23)28-34-27-21/h1,3-4,7-13,16,26,29H,2,5-6,14-15,17H2. The third kappa shape index (κ3) is 5.13. The van der Waals surface area contributed by atoms with E-state index < -0.39 is 10.0 Å².